The molecule has 0 aromatic heterocycles. The minimum atomic E-state index is -3.64. The van der Waals surface area contributed by atoms with Crippen molar-refractivity contribution in [1.82, 2.24) is 4.72 Å². The molecule has 0 saturated heterocycles. The molecule has 0 heterocycles. The van der Waals surface area contributed by atoms with E-state index in [1.807, 2.05) is 6.92 Å². The van der Waals surface area contributed by atoms with Crippen LogP contribution in [0.25, 0.3) is 0 Å². The van der Waals surface area contributed by atoms with E-state index < -0.39 is 16.0 Å². The molecule has 21 heavy (non-hydrogen) atoms. The van der Waals surface area contributed by atoms with Gasteiger partial charge in [0.1, 0.15) is 5.75 Å². The number of nitrogens with one attached hydrogen (secondary N) is 1. The van der Waals surface area contributed by atoms with Crippen molar-refractivity contribution in [3.05, 3.63) is 23.8 Å². The van der Waals surface area contributed by atoms with Crippen LogP contribution in [-0.2, 0) is 19.6 Å². The van der Waals surface area contributed by atoms with Crippen molar-refractivity contribution >= 4 is 16.0 Å². The van der Waals surface area contributed by atoms with E-state index in [1.165, 1.54) is 12.1 Å². The Kier molecular flexibility index (Phi) is 6.64. The Morgan fingerprint density at radius 3 is 2.52 bits per heavy atom. The topological polar surface area (TPSA) is 81.7 Å². The molecule has 118 valence electrons. The maximum absolute atomic E-state index is 12.1. The Bertz CT molecular complexity index is 583. The predicted molar refractivity (Wildman–Crippen MR) is 78.8 cm³/mol. The highest BCUT2D eigenvalue weighted by Gasteiger charge is 2.15. The van der Waals surface area contributed by atoms with Crippen LogP contribution in [-0.4, -0.2) is 34.1 Å². The van der Waals surface area contributed by atoms with Crippen LogP contribution in [0, 0.1) is 6.92 Å². The molecule has 0 aliphatic rings. The van der Waals surface area contributed by atoms with Crippen LogP contribution in [0.15, 0.2) is 23.1 Å². The van der Waals surface area contributed by atoms with Gasteiger partial charge in [0.2, 0.25) is 10.0 Å². The van der Waals surface area contributed by atoms with Crippen LogP contribution in [0.3, 0.4) is 0 Å². The number of esters is 1. The lowest BCUT2D eigenvalue weighted by molar-refractivity contribution is -0.142. The van der Waals surface area contributed by atoms with Gasteiger partial charge >= 0.3 is 5.97 Å². The third kappa shape index (κ3) is 5.35. The van der Waals surface area contributed by atoms with Crippen LogP contribution in [0.5, 0.6) is 5.75 Å². The van der Waals surface area contributed by atoms with E-state index in [1.54, 1.807) is 19.9 Å². The molecule has 0 amide bonds. The third-order valence-electron chi connectivity index (χ3n) is 2.68. The van der Waals surface area contributed by atoms with Crippen molar-refractivity contribution in [3.8, 4) is 5.75 Å². The molecule has 0 bridgehead atoms. The number of aryl methyl sites for hydroxylation is 1. The summed E-state index contributed by atoms with van der Waals surface area (Å²) in [6.07, 6.45) is 0.00306. The molecule has 0 saturated carbocycles. The Hall–Kier alpha value is -1.60. The fourth-order valence-corrected chi connectivity index (χ4v) is 2.83. The summed E-state index contributed by atoms with van der Waals surface area (Å²) in [7, 11) is -3.64. The summed E-state index contributed by atoms with van der Waals surface area (Å²) >= 11 is 0. The molecule has 1 aromatic carbocycles. The average molecular weight is 315 g/mol. The highest BCUT2D eigenvalue weighted by molar-refractivity contribution is 7.89. The monoisotopic (exact) mass is 315 g/mol. The van der Waals surface area contributed by atoms with Crippen molar-refractivity contribution in [1.29, 1.82) is 0 Å². The molecular weight excluding hydrogens is 294 g/mol. The lowest BCUT2D eigenvalue weighted by Gasteiger charge is -2.10. The number of rotatable bonds is 8. The highest BCUT2D eigenvalue weighted by Crippen LogP contribution is 2.21. The van der Waals surface area contributed by atoms with E-state index in [4.69, 9.17) is 9.47 Å². The summed E-state index contributed by atoms with van der Waals surface area (Å²) < 4.78 is 36.7. The minimum absolute atomic E-state index is 0.00306. The van der Waals surface area contributed by atoms with Gasteiger partial charge in [-0.3, -0.25) is 4.79 Å². The van der Waals surface area contributed by atoms with Gasteiger partial charge in [-0.05, 0) is 44.5 Å². The van der Waals surface area contributed by atoms with E-state index >= 15 is 0 Å². The van der Waals surface area contributed by atoms with Crippen molar-refractivity contribution in [2.75, 3.05) is 19.8 Å². The Morgan fingerprint density at radius 2 is 1.95 bits per heavy atom. The summed E-state index contributed by atoms with van der Waals surface area (Å²) in [5, 5.41) is 0. The standard InChI is InChI=1S/C14H21NO5S/c1-4-19-13-7-6-12(10-11(13)3)21(17,18)15-9-8-14(16)20-5-2/h6-7,10,15H,4-5,8-9H2,1-3H3. The summed E-state index contributed by atoms with van der Waals surface area (Å²) in [5.41, 5.74) is 0.741. The molecule has 6 nitrogen and oxygen atoms in total. The first-order chi connectivity index (χ1) is 9.90. The number of carbonyl (C=O) groups excluding carboxylic acids is 1. The zero-order valence-corrected chi connectivity index (χ0v) is 13.3. The summed E-state index contributed by atoms with van der Waals surface area (Å²) in [5.74, 6) is 0.228. The first-order valence-electron chi connectivity index (χ1n) is 6.79. The highest BCUT2D eigenvalue weighted by atomic mass is 32.2. The SMILES string of the molecule is CCOC(=O)CCNS(=O)(=O)c1ccc(OCC)c(C)c1. The van der Waals surface area contributed by atoms with E-state index in [0.29, 0.717) is 12.4 Å². The summed E-state index contributed by atoms with van der Waals surface area (Å²) in [6, 6.07) is 4.64. The third-order valence-corrected chi connectivity index (χ3v) is 4.14. The molecular formula is C14H21NO5S. The maximum Gasteiger partial charge on any atom is 0.307 e. The van der Waals surface area contributed by atoms with Gasteiger partial charge in [-0.15, -0.1) is 0 Å². The van der Waals surface area contributed by atoms with E-state index in [0.717, 1.165) is 5.56 Å². The van der Waals surface area contributed by atoms with Crippen molar-refractivity contribution in [3.63, 3.8) is 0 Å². The zero-order valence-electron chi connectivity index (χ0n) is 12.5. The maximum atomic E-state index is 12.1. The first-order valence-corrected chi connectivity index (χ1v) is 8.27. The molecule has 0 aliphatic heterocycles. The quantitative estimate of drug-likeness (QED) is 0.737. The molecule has 1 N–H and O–H groups in total. The molecule has 1 rings (SSSR count). The second-order valence-electron chi connectivity index (χ2n) is 4.31. The van der Waals surface area contributed by atoms with Gasteiger partial charge in [0.15, 0.2) is 0 Å². The van der Waals surface area contributed by atoms with E-state index in [2.05, 4.69) is 4.72 Å². The minimum Gasteiger partial charge on any atom is -0.494 e. The summed E-state index contributed by atoms with van der Waals surface area (Å²) in [6.45, 7) is 6.15. The van der Waals surface area contributed by atoms with Crippen LogP contribution >= 0.6 is 0 Å². The zero-order chi connectivity index (χ0) is 15.9. The second kappa shape index (κ2) is 7.99. The van der Waals surface area contributed by atoms with Gasteiger partial charge in [-0.25, -0.2) is 13.1 Å². The average Bonchev–Trinajstić information content (AvgIpc) is 2.41. The van der Waals surface area contributed by atoms with E-state index in [9.17, 15) is 13.2 Å². The number of hydrogen-bond acceptors (Lipinski definition) is 5. The Labute approximate surface area is 125 Å². The van der Waals surface area contributed by atoms with Gasteiger partial charge < -0.3 is 9.47 Å². The van der Waals surface area contributed by atoms with Crippen LogP contribution in [0.1, 0.15) is 25.8 Å². The number of hydrogen-bond donors (Lipinski definition) is 1. The number of carbonyl (C=O) groups is 1. The molecule has 0 atom stereocenters. The molecule has 0 unspecified atom stereocenters. The second-order valence-corrected chi connectivity index (χ2v) is 6.08. The van der Waals surface area contributed by atoms with E-state index in [-0.39, 0.29) is 24.5 Å². The van der Waals surface area contributed by atoms with Gasteiger partial charge in [-0.2, -0.15) is 0 Å². The fraction of sp³-hybridized carbons (Fsp3) is 0.500. The van der Waals surface area contributed by atoms with Crippen LogP contribution in [0.2, 0.25) is 0 Å². The van der Waals surface area contributed by atoms with Crippen LogP contribution < -0.4 is 9.46 Å². The van der Waals surface area contributed by atoms with Gasteiger partial charge in [-0.1, -0.05) is 0 Å². The normalized spacial score (nSPS) is 11.2. The predicted octanol–water partition coefficient (Wildman–Crippen LogP) is 1.63. The number of sulfonamides is 1. The first kappa shape index (κ1) is 17.5. The summed E-state index contributed by atoms with van der Waals surface area (Å²) in [4.78, 5) is 11.3. The van der Waals surface area contributed by atoms with Gasteiger partial charge in [0.25, 0.3) is 0 Å². The molecule has 7 heteroatoms. The number of benzene rings is 1. The molecule has 0 fully saturated rings. The number of ether oxygens (including phenoxy) is 2. The van der Waals surface area contributed by atoms with Gasteiger partial charge in [0.05, 0.1) is 24.5 Å². The van der Waals surface area contributed by atoms with Crippen molar-refractivity contribution in [2.45, 2.75) is 32.1 Å². The fourth-order valence-electron chi connectivity index (χ4n) is 1.71. The molecule has 0 spiro atoms. The lowest BCUT2D eigenvalue weighted by Crippen LogP contribution is -2.26. The van der Waals surface area contributed by atoms with Crippen molar-refractivity contribution in [2.24, 2.45) is 0 Å². The smallest absolute Gasteiger partial charge is 0.307 e. The largest absolute Gasteiger partial charge is 0.494 e. The Morgan fingerprint density at radius 1 is 1.24 bits per heavy atom. The van der Waals surface area contributed by atoms with Crippen molar-refractivity contribution < 1.29 is 22.7 Å². The van der Waals surface area contributed by atoms with Crippen LogP contribution in [0.4, 0.5) is 0 Å². The lowest BCUT2D eigenvalue weighted by atomic mass is 10.2. The molecule has 1 aromatic rings. The molecule has 0 aliphatic carbocycles. The Balaban J connectivity index is 2.70. The van der Waals surface area contributed by atoms with Gasteiger partial charge in [0, 0.05) is 6.54 Å². The molecule has 0 radical (unpaired) electrons.